The lowest BCUT2D eigenvalue weighted by atomic mass is 10.1. The summed E-state index contributed by atoms with van der Waals surface area (Å²) in [7, 11) is 0. The number of rotatable bonds is 32. The fourth-order valence-corrected chi connectivity index (χ4v) is 5.27. The van der Waals surface area contributed by atoms with Crippen LogP contribution in [0.25, 0.3) is 0 Å². The quantitative estimate of drug-likeness (QED) is 0.0432. The Morgan fingerprint density at radius 2 is 0.898 bits per heavy atom. The van der Waals surface area contributed by atoms with Crippen LogP contribution in [0, 0.1) is 0 Å². The van der Waals surface area contributed by atoms with Gasteiger partial charge in [0.25, 0.3) is 0 Å². The molecule has 0 bridgehead atoms. The van der Waals surface area contributed by atoms with Gasteiger partial charge in [-0.15, -0.1) is 0 Å². The normalized spacial score (nSPS) is 10.8. The van der Waals surface area contributed by atoms with Crippen molar-refractivity contribution in [2.24, 2.45) is 17.2 Å². The first-order valence-corrected chi connectivity index (χ1v) is 18.8. The first-order chi connectivity index (χ1) is 23.6. The molecule has 0 radical (unpaired) electrons. The zero-order chi connectivity index (χ0) is 36.7. The Balaban J connectivity index is 4.91. The Labute approximate surface area is 299 Å². The molecule has 0 saturated carbocycles. The molecule has 0 heterocycles. The SMILES string of the molecule is CC(=O)CN(CCCCN)C(=O)CN(CCCCN)C(=O)CN(CCCCN)C(=O)CCCCCNC(=O)CCCCCNC(=O)CCS. The summed E-state index contributed by atoms with van der Waals surface area (Å²) in [5, 5.41) is 5.75. The van der Waals surface area contributed by atoms with Gasteiger partial charge in [0.15, 0.2) is 0 Å². The minimum Gasteiger partial charge on any atom is -0.356 e. The van der Waals surface area contributed by atoms with Crippen LogP contribution in [0.5, 0.6) is 0 Å². The van der Waals surface area contributed by atoms with E-state index in [2.05, 4.69) is 23.3 Å². The number of unbranched alkanes of at least 4 members (excludes halogenated alkanes) is 7. The van der Waals surface area contributed by atoms with Crippen molar-refractivity contribution in [1.29, 1.82) is 0 Å². The molecule has 8 N–H and O–H groups in total. The van der Waals surface area contributed by atoms with E-state index in [9.17, 15) is 28.8 Å². The maximum absolute atomic E-state index is 13.5. The first kappa shape index (κ1) is 46.2. The number of hydrogen-bond donors (Lipinski definition) is 6. The predicted octanol–water partition coefficient (Wildman–Crippen LogP) is 0.951. The predicted molar refractivity (Wildman–Crippen MR) is 197 cm³/mol. The maximum atomic E-state index is 13.5. The van der Waals surface area contributed by atoms with E-state index >= 15 is 0 Å². The molecule has 284 valence electrons. The van der Waals surface area contributed by atoms with Gasteiger partial charge in [0, 0.05) is 52.0 Å². The van der Waals surface area contributed by atoms with Crippen LogP contribution in [-0.2, 0) is 28.8 Å². The van der Waals surface area contributed by atoms with Crippen molar-refractivity contribution in [3.05, 3.63) is 0 Å². The van der Waals surface area contributed by atoms with E-state index in [0.29, 0.717) is 109 Å². The van der Waals surface area contributed by atoms with Gasteiger partial charge in [0.2, 0.25) is 29.5 Å². The van der Waals surface area contributed by atoms with Gasteiger partial charge in [0.1, 0.15) is 5.78 Å². The summed E-state index contributed by atoms with van der Waals surface area (Å²) in [5.74, 6) is -0.395. The molecule has 49 heavy (non-hydrogen) atoms. The monoisotopic (exact) mass is 714 g/mol. The summed E-state index contributed by atoms with van der Waals surface area (Å²) in [6, 6.07) is 0. The van der Waals surface area contributed by atoms with Crippen molar-refractivity contribution in [3.63, 3.8) is 0 Å². The number of nitrogens with zero attached hydrogens (tertiary/aromatic N) is 3. The molecule has 0 fully saturated rings. The van der Waals surface area contributed by atoms with Gasteiger partial charge in [-0.1, -0.05) is 12.8 Å². The molecular weight excluding hydrogens is 648 g/mol. The number of nitrogens with two attached hydrogens (primary N) is 3. The topological polar surface area (TPSA) is 214 Å². The number of Topliss-reactive ketones (excluding diaryl/α,β-unsaturated/α-hetero) is 1. The van der Waals surface area contributed by atoms with Gasteiger partial charge < -0.3 is 42.5 Å². The van der Waals surface area contributed by atoms with Gasteiger partial charge in [-0.3, -0.25) is 28.8 Å². The van der Waals surface area contributed by atoms with Crippen molar-refractivity contribution in [3.8, 4) is 0 Å². The van der Waals surface area contributed by atoms with Crippen molar-refractivity contribution in [1.82, 2.24) is 25.3 Å². The van der Waals surface area contributed by atoms with Crippen LogP contribution in [0.1, 0.15) is 103 Å². The van der Waals surface area contributed by atoms with Gasteiger partial charge in [0.05, 0.1) is 19.6 Å². The van der Waals surface area contributed by atoms with Crippen molar-refractivity contribution in [2.45, 2.75) is 103 Å². The fraction of sp³-hybridized carbons (Fsp3) is 0.824. The Morgan fingerprint density at radius 1 is 0.490 bits per heavy atom. The van der Waals surface area contributed by atoms with Crippen LogP contribution in [0.2, 0.25) is 0 Å². The number of ketones is 1. The molecule has 0 aliphatic rings. The molecule has 0 aliphatic carbocycles. The number of carbonyl (C=O) groups is 6. The van der Waals surface area contributed by atoms with Gasteiger partial charge in [-0.2, -0.15) is 12.6 Å². The summed E-state index contributed by atoms with van der Waals surface area (Å²) in [6.07, 6.45) is 9.72. The van der Waals surface area contributed by atoms with Crippen LogP contribution in [0.3, 0.4) is 0 Å². The third-order valence-electron chi connectivity index (χ3n) is 7.90. The second-order valence-electron chi connectivity index (χ2n) is 12.4. The Morgan fingerprint density at radius 3 is 1.33 bits per heavy atom. The van der Waals surface area contributed by atoms with Gasteiger partial charge in [-0.05, 0) is 96.5 Å². The van der Waals surface area contributed by atoms with Crippen molar-refractivity contribution in [2.75, 3.05) is 77.7 Å². The summed E-state index contributed by atoms with van der Waals surface area (Å²) < 4.78 is 0. The fourth-order valence-electron chi connectivity index (χ4n) is 5.07. The molecule has 0 aromatic heterocycles. The van der Waals surface area contributed by atoms with E-state index in [1.165, 1.54) is 16.7 Å². The minimum absolute atomic E-state index is 0.00380. The molecule has 0 unspecified atom stereocenters. The van der Waals surface area contributed by atoms with Crippen molar-refractivity contribution >= 4 is 47.9 Å². The Kier molecular flexibility index (Phi) is 29.5. The van der Waals surface area contributed by atoms with E-state index in [4.69, 9.17) is 17.2 Å². The summed E-state index contributed by atoms with van der Waals surface area (Å²) in [4.78, 5) is 79.9. The standard InChI is InChI=1S/C34H66N8O6S/c1-29(43)26-40(22-11-6-17-35)33(47)28-42(24-13-8-19-37)34(48)27-41(23-12-7-18-36)32(46)15-5-3-10-20-38-30(44)14-4-2-9-21-39-31(45)16-25-49/h49H,2-28,35-37H2,1H3,(H,38,44)(H,39,45). The molecule has 5 amide bonds. The molecule has 0 rings (SSSR count). The van der Waals surface area contributed by atoms with Crippen LogP contribution < -0.4 is 27.8 Å². The summed E-state index contributed by atoms with van der Waals surface area (Å²) >= 11 is 4.03. The van der Waals surface area contributed by atoms with Crippen LogP contribution in [0.15, 0.2) is 0 Å². The molecule has 0 aromatic carbocycles. The smallest absolute Gasteiger partial charge is 0.242 e. The molecule has 14 nitrogen and oxygen atoms in total. The Hall–Kier alpha value is -2.75. The second kappa shape index (κ2) is 31.2. The lowest BCUT2D eigenvalue weighted by molar-refractivity contribution is -0.145. The summed E-state index contributed by atoms with van der Waals surface area (Å²) in [5.41, 5.74) is 16.9. The van der Waals surface area contributed by atoms with Crippen LogP contribution >= 0.6 is 12.6 Å². The number of thiol groups is 1. The average Bonchev–Trinajstić information content (AvgIpc) is 3.06. The molecule has 15 heteroatoms. The van der Waals surface area contributed by atoms with Gasteiger partial charge >= 0.3 is 0 Å². The molecule has 0 aliphatic heterocycles. The Bertz CT molecular complexity index is 958. The molecule has 0 saturated heterocycles. The van der Waals surface area contributed by atoms with Crippen LogP contribution in [-0.4, -0.2) is 128 Å². The number of carbonyl (C=O) groups excluding carboxylic acids is 6. The first-order valence-electron chi connectivity index (χ1n) is 18.2. The average molecular weight is 715 g/mol. The third-order valence-corrected chi connectivity index (χ3v) is 8.13. The van der Waals surface area contributed by atoms with Crippen molar-refractivity contribution < 1.29 is 28.8 Å². The summed E-state index contributed by atoms with van der Waals surface area (Å²) in [6.45, 7) is 4.74. The molecule has 0 spiro atoms. The lowest BCUT2D eigenvalue weighted by Crippen LogP contribution is -2.48. The lowest BCUT2D eigenvalue weighted by Gasteiger charge is -2.30. The van der Waals surface area contributed by atoms with E-state index in [-0.39, 0.29) is 61.4 Å². The largest absolute Gasteiger partial charge is 0.356 e. The number of amides is 5. The number of hydrogen-bond acceptors (Lipinski definition) is 10. The molecule has 0 aromatic rings. The highest BCUT2D eigenvalue weighted by molar-refractivity contribution is 7.80. The number of nitrogens with one attached hydrogen (secondary N) is 2. The third kappa shape index (κ3) is 25.8. The van der Waals surface area contributed by atoms with E-state index < -0.39 is 0 Å². The molecular formula is C34H66N8O6S. The van der Waals surface area contributed by atoms with E-state index in [0.717, 1.165) is 38.5 Å². The van der Waals surface area contributed by atoms with Crippen LogP contribution in [0.4, 0.5) is 0 Å². The zero-order valence-corrected chi connectivity index (χ0v) is 31.0. The highest BCUT2D eigenvalue weighted by atomic mass is 32.1. The van der Waals surface area contributed by atoms with E-state index in [1.807, 2.05) is 0 Å². The molecule has 0 atom stereocenters. The van der Waals surface area contributed by atoms with Gasteiger partial charge in [-0.25, -0.2) is 0 Å². The second-order valence-corrected chi connectivity index (χ2v) is 12.9. The highest BCUT2D eigenvalue weighted by Crippen LogP contribution is 2.09. The maximum Gasteiger partial charge on any atom is 0.242 e. The highest BCUT2D eigenvalue weighted by Gasteiger charge is 2.25. The van der Waals surface area contributed by atoms with E-state index in [1.54, 1.807) is 4.90 Å². The zero-order valence-electron chi connectivity index (χ0n) is 30.1. The minimum atomic E-state index is -0.322.